The molecule has 2 aromatic rings. The minimum absolute atomic E-state index is 0.269. The van der Waals surface area contributed by atoms with Gasteiger partial charge < -0.3 is 15.1 Å². The van der Waals surface area contributed by atoms with E-state index in [1.54, 1.807) is 30.3 Å². The second kappa shape index (κ2) is 9.70. The number of para-hydroxylation sites is 1. The molecule has 1 saturated heterocycles. The predicted molar refractivity (Wildman–Crippen MR) is 95.6 cm³/mol. The summed E-state index contributed by atoms with van der Waals surface area (Å²) in [5.41, 5.74) is 1.64. The first-order chi connectivity index (χ1) is 11.7. The molecule has 5 nitrogen and oxygen atoms in total. The lowest BCUT2D eigenvalue weighted by Gasteiger charge is -2.35. The highest BCUT2D eigenvalue weighted by molar-refractivity contribution is 5.87. The second-order valence-corrected chi connectivity index (χ2v) is 5.56. The molecular weight excluding hydrogens is 304 g/mol. The Bertz CT molecular complexity index is 597. The first-order valence-electron chi connectivity index (χ1n) is 8.12. The van der Waals surface area contributed by atoms with Gasteiger partial charge in [0.15, 0.2) is 0 Å². The molecular formula is C19H24N2O3. The zero-order chi connectivity index (χ0) is 17.2. The summed E-state index contributed by atoms with van der Waals surface area (Å²) in [4.78, 5) is 14.9. The van der Waals surface area contributed by atoms with Crippen LogP contribution < -0.4 is 4.90 Å². The molecule has 2 aromatic carbocycles. The van der Waals surface area contributed by atoms with Gasteiger partial charge in [0.25, 0.3) is 0 Å². The molecule has 1 fully saturated rings. The van der Waals surface area contributed by atoms with Crippen molar-refractivity contribution in [1.82, 2.24) is 4.90 Å². The van der Waals surface area contributed by atoms with Gasteiger partial charge in [0.2, 0.25) is 0 Å². The molecule has 0 amide bonds. The average molecular weight is 328 g/mol. The van der Waals surface area contributed by atoms with Crippen LogP contribution in [0.25, 0.3) is 0 Å². The molecule has 0 atom stereocenters. The minimum Gasteiger partial charge on any atom is -0.478 e. The minimum atomic E-state index is -0.879. The van der Waals surface area contributed by atoms with E-state index in [0.29, 0.717) is 5.56 Å². The third-order valence-corrected chi connectivity index (χ3v) is 3.93. The molecule has 0 radical (unpaired) electrons. The molecule has 2 N–H and O–H groups in total. The Kier molecular flexibility index (Phi) is 7.26. The fraction of sp³-hybridized carbons (Fsp3) is 0.316. The number of hydrogen-bond donors (Lipinski definition) is 2. The summed E-state index contributed by atoms with van der Waals surface area (Å²) in [5, 5.41) is 17.2. The van der Waals surface area contributed by atoms with E-state index in [-0.39, 0.29) is 6.61 Å². The van der Waals surface area contributed by atoms with Gasteiger partial charge in [-0.1, -0.05) is 36.4 Å². The number of aromatic carboxylic acids is 1. The molecule has 0 aliphatic carbocycles. The number of benzene rings is 2. The van der Waals surface area contributed by atoms with Gasteiger partial charge in [-0.3, -0.25) is 4.90 Å². The van der Waals surface area contributed by atoms with Gasteiger partial charge in [-0.15, -0.1) is 0 Å². The van der Waals surface area contributed by atoms with Crippen LogP contribution in [0.3, 0.4) is 0 Å². The van der Waals surface area contributed by atoms with E-state index in [9.17, 15) is 4.79 Å². The number of anilines is 1. The van der Waals surface area contributed by atoms with Crippen molar-refractivity contribution in [3.05, 3.63) is 66.2 Å². The number of nitrogens with zero attached hydrogens (tertiary/aromatic N) is 2. The number of carboxylic acids is 1. The maximum absolute atomic E-state index is 10.2. The summed E-state index contributed by atoms with van der Waals surface area (Å²) < 4.78 is 0. The summed E-state index contributed by atoms with van der Waals surface area (Å²) in [6, 6.07) is 18.8. The molecule has 1 aliphatic rings. The summed E-state index contributed by atoms with van der Waals surface area (Å²) in [7, 11) is 0. The van der Waals surface area contributed by atoms with Crippen molar-refractivity contribution in [2.75, 3.05) is 44.2 Å². The van der Waals surface area contributed by atoms with Gasteiger partial charge >= 0.3 is 5.97 Å². The Labute approximate surface area is 142 Å². The lowest BCUT2D eigenvalue weighted by atomic mass is 10.2. The third-order valence-electron chi connectivity index (χ3n) is 3.93. The van der Waals surface area contributed by atoms with E-state index in [1.807, 2.05) is 6.07 Å². The Balaban J connectivity index is 0.000000198. The molecule has 128 valence electrons. The fourth-order valence-corrected chi connectivity index (χ4v) is 2.59. The smallest absolute Gasteiger partial charge is 0.335 e. The van der Waals surface area contributed by atoms with Crippen molar-refractivity contribution in [2.24, 2.45) is 0 Å². The molecule has 0 saturated carbocycles. The summed E-state index contributed by atoms with van der Waals surface area (Å²) in [6.45, 7) is 5.30. The molecule has 1 heterocycles. The predicted octanol–water partition coefficient (Wildman–Crippen LogP) is 2.19. The number of β-amino-alcohol motifs (C(OH)–C–C–N with tert-alkyl or cyclic N) is 1. The molecule has 1 aliphatic heterocycles. The van der Waals surface area contributed by atoms with Crippen LogP contribution >= 0.6 is 0 Å². The third kappa shape index (κ3) is 5.68. The lowest BCUT2D eigenvalue weighted by Crippen LogP contribution is -2.47. The number of aliphatic hydroxyl groups is 1. The normalized spacial score (nSPS) is 14.6. The van der Waals surface area contributed by atoms with E-state index >= 15 is 0 Å². The van der Waals surface area contributed by atoms with Crippen molar-refractivity contribution in [3.63, 3.8) is 0 Å². The summed E-state index contributed by atoms with van der Waals surface area (Å²) >= 11 is 0. The Morgan fingerprint density at radius 1 is 0.875 bits per heavy atom. The van der Waals surface area contributed by atoms with Crippen LogP contribution in [0.15, 0.2) is 60.7 Å². The Morgan fingerprint density at radius 2 is 1.42 bits per heavy atom. The summed E-state index contributed by atoms with van der Waals surface area (Å²) in [5.74, 6) is -0.879. The van der Waals surface area contributed by atoms with Crippen LogP contribution in [-0.4, -0.2) is 60.4 Å². The largest absolute Gasteiger partial charge is 0.478 e. The molecule has 0 aromatic heterocycles. The highest BCUT2D eigenvalue weighted by Crippen LogP contribution is 2.15. The first kappa shape index (κ1) is 18.0. The second-order valence-electron chi connectivity index (χ2n) is 5.56. The summed E-state index contributed by atoms with van der Waals surface area (Å²) in [6.07, 6.45) is 0. The van der Waals surface area contributed by atoms with E-state index in [0.717, 1.165) is 32.7 Å². The van der Waals surface area contributed by atoms with E-state index in [2.05, 4.69) is 34.1 Å². The number of rotatable bonds is 4. The number of carboxylic acid groups (broad SMARTS) is 1. The van der Waals surface area contributed by atoms with Crippen molar-refractivity contribution >= 4 is 11.7 Å². The van der Waals surface area contributed by atoms with Gasteiger partial charge in [0.1, 0.15) is 0 Å². The monoisotopic (exact) mass is 328 g/mol. The van der Waals surface area contributed by atoms with E-state index in [4.69, 9.17) is 10.2 Å². The van der Waals surface area contributed by atoms with Crippen LogP contribution in [0.2, 0.25) is 0 Å². The van der Waals surface area contributed by atoms with E-state index in [1.165, 1.54) is 5.69 Å². The van der Waals surface area contributed by atoms with Crippen LogP contribution in [0.5, 0.6) is 0 Å². The highest BCUT2D eigenvalue weighted by atomic mass is 16.4. The van der Waals surface area contributed by atoms with Crippen LogP contribution in [0, 0.1) is 0 Å². The van der Waals surface area contributed by atoms with Gasteiger partial charge in [-0.05, 0) is 24.3 Å². The average Bonchev–Trinajstić information content (AvgIpc) is 2.65. The van der Waals surface area contributed by atoms with Gasteiger partial charge in [-0.25, -0.2) is 4.79 Å². The van der Waals surface area contributed by atoms with E-state index < -0.39 is 5.97 Å². The lowest BCUT2D eigenvalue weighted by molar-refractivity contribution is 0.0697. The zero-order valence-electron chi connectivity index (χ0n) is 13.7. The van der Waals surface area contributed by atoms with Gasteiger partial charge in [-0.2, -0.15) is 0 Å². The number of carbonyl (C=O) groups is 1. The SMILES string of the molecule is O=C(O)c1ccccc1.OCCN1CCN(c2ccccc2)CC1. The molecule has 0 bridgehead atoms. The van der Waals surface area contributed by atoms with Crippen molar-refractivity contribution in [1.29, 1.82) is 0 Å². The Morgan fingerprint density at radius 3 is 1.88 bits per heavy atom. The number of hydrogen-bond acceptors (Lipinski definition) is 4. The molecule has 0 spiro atoms. The van der Waals surface area contributed by atoms with Crippen molar-refractivity contribution in [2.45, 2.75) is 0 Å². The maximum Gasteiger partial charge on any atom is 0.335 e. The molecule has 24 heavy (non-hydrogen) atoms. The quantitative estimate of drug-likeness (QED) is 0.901. The van der Waals surface area contributed by atoms with Crippen LogP contribution in [0.1, 0.15) is 10.4 Å². The topological polar surface area (TPSA) is 64.0 Å². The van der Waals surface area contributed by atoms with Crippen LogP contribution in [0.4, 0.5) is 5.69 Å². The fourth-order valence-electron chi connectivity index (χ4n) is 2.59. The van der Waals surface area contributed by atoms with Crippen molar-refractivity contribution in [3.8, 4) is 0 Å². The maximum atomic E-state index is 10.2. The molecule has 5 heteroatoms. The first-order valence-corrected chi connectivity index (χ1v) is 8.12. The Hall–Kier alpha value is -2.37. The molecule has 0 unspecified atom stereocenters. The zero-order valence-corrected chi connectivity index (χ0v) is 13.7. The van der Waals surface area contributed by atoms with Crippen molar-refractivity contribution < 1.29 is 15.0 Å². The van der Waals surface area contributed by atoms with Gasteiger partial charge in [0.05, 0.1) is 12.2 Å². The molecule has 3 rings (SSSR count). The van der Waals surface area contributed by atoms with Gasteiger partial charge in [0, 0.05) is 38.4 Å². The standard InChI is InChI=1S/C12H18N2O.C7H6O2/c15-11-10-13-6-8-14(9-7-13)12-4-2-1-3-5-12;8-7(9)6-4-2-1-3-5-6/h1-5,15H,6-11H2;1-5H,(H,8,9). The van der Waals surface area contributed by atoms with Crippen LogP contribution in [-0.2, 0) is 0 Å². The highest BCUT2D eigenvalue weighted by Gasteiger charge is 2.15. The number of piperazine rings is 1. The number of aliphatic hydroxyl groups excluding tert-OH is 1.